The van der Waals surface area contributed by atoms with Gasteiger partial charge in [0, 0.05) is 12.6 Å². The zero-order valence-corrected chi connectivity index (χ0v) is 8.26. The van der Waals surface area contributed by atoms with Crippen LogP contribution >= 0.6 is 0 Å². The van der Waals surface area contributed by atoms with Gasteiger partial charge in [0.1, 0.15) is 0 Å². The number of halogens is 2. The van der Waals surface area contributed by atoms with Gasteiger partial charge in [-0.1, -0.05) is 0 Å². The van der Waals surface area contributed by atoms with Crippen LogP contribution in [0.4, 0.5) is 8.78 Å². The summed E-state index contributed by atoms with van der Waals surface area (Å²) in [5, 5.41) is 2.96. The number of nitrogens with zero attached hydrogens (tertiary/aromatic N) is 1. The standard InChI is InChI=1S/C9H18F2N2/c1-7(9(10)11)12-8-4-3-5-13(2)6-8/h7-9,12H,3-6H2,1-2H3. The number of hydrogen-bond donors (Lipinski definition) is 1. The Morgan fingerprint density at radius 1 is 1.46 bits per heavy atom. The first-order chi connectivity index (χ1) is 6.09. The summed E-state index contributed by atoms with van der Waals surface area (Å²) in [6, 6.07) is -0.445. The molecule has 1 aliphatic rings. The highest BCUT2D eigenvalue weighted by Crippen LogP contribution is 2.10. The van der Waals surface area contributed by atoms with Crippen molar-refractivity contribution in [2.45, 2.75) is 38.3 Å². The first kappa shape index (κ1) is 10.9. The second-order valence-corrected chi connectivity index (χ2v) is 3.89. The normalized spacial score (nSPS) is 27.9. The molecule has 1 rings (SSSR count). The van der Waals surface area contributed by atoms with E-state index in [0.29, 0.717) is 0 Å². The molecule has 0 aliphatic carbocycles. The van der Waals surface area contributed by atoms with Gasteiger partial charge in [0.2, 0.25) is 0 Å². The number of hydrogen-bond acceptors (Lipinski definition) is 2. The number of rotatable bonds is 3. The van der Waals surface area contributed by atoms with E-state index in [0.717, 1.165) is 25.9 Å². The van der Waals surface area contributed by atoms with Gasteiger partial charge in [-0.15, -0.1) is 0 Å². The number of likely N-dealkylation sites (tertiary alicyclic amines) is 1. The summed E-state index contributed by atoms with van der Waals surface area (Å²) in [4.78, 5) is 2.18. The van der Waals surface area contributed by atoms with Crippen LogP contribution in [0.15, 0.2) is 0 Å². The Morgan fingerprint density at radius 2 is 2.15 bits per heavy atom. The van der Waals surface area contributed by atoms with Crippen molar-refractivity contribution in [1.82, 2.24) is 10.2 Å². The fraction of sp³-hybridized carbons (Fsp3) is 1.00. The van der Waals surface area contributed by atoms with Crippen LogP contribution in [0.1, 0.15) is 19.8 Å². The second kappa shape index (κ2) is 4.86. The lowest BCUT2D eigenvalue weighted by Gasteiger charge is -2.32. The molecular weight excluding hydrogens is 174 g/mol. The molecule has 1 fully saturated rings. The van der Waals surface area contributed by atoms with Crippen LogP contribution in [0.2, 0.25) is 0 Å². The van der Waals surface area contributed by atoms with Crippen LogP contribution in [0.3, 0.4) is 0 Å². The molecule has 0 aromatic heterocycles. The van der Waals surface area contributed by atoms with Crippen molar-refractivity contribution < 1.29 is 8.78 Å². The smallest absolute Gasteiger partial charge is 0.253 e. The van der Waals surface area contributed by atoms with Gasteiger partial charge in [0.15, 0.2) is 0 Å². The zero-order chi connectivity index (χ0) is 9.84. The molecular formula is C9H18F2N2. The Morgan fingerprint density at radius 3 is 2.69 bits per heavy atom. The third-order valence-electron chi connectivity index (χ3n) is 2.50. The van der Waals surface area contributed by atoms with E-state index in [2.05, 4.69) is 10.2 Å². The third-order valence-corrected chi connectivity index (χ3v) is 2.50. The molecule has 1 saturated heterocycles. The molecule has 1 N–H and O–H groups in total. The predicted octanol–water partition coefficient (Wildman–Crippen LogP) is 1.32. The van der Waals surface area contributed by atoms with Crippen LogP contribution in [-0.4, -0.2) is 43.5 Å². The fourth-order valence-corrected chi connectivity index (χ4v) is 1.75. The van der Waals surface area contributed by atoms with Crippen molar-refractivity contribution in [1.29, 1.82) is 0 Å². The summed E-state index contributed by atoms with van der Waals surface area (Å²) in [6.45, 7) is 3.51. The molecule has 0 radical (unpaired) electrons. The maximum atomic E-state index is 12.2. The molecule has 0 amide bonds. The van der Waals surface area contributed by atoms with Crippen molar-refractivity contribution in [3.63, 3.8) is 0 Å². The molecule has 2 unspecified atom stereocenters. The number of nitrogens with one attached hydrogen (secondary N) is 1. The van der Waals surface area contributed by atoms with E-state index in [1.165, 1.54) is 0 Å². The summed E-state index contributed by atoms with van der Waals surface area (Å²) < 4.78 is 24.4. The first-order valence-electron chi connectivity index (χ1n) is 4.82. The van der Waals surface area contributed by atoms with E-state index in [-0.39, 0.29) is 6.04 Å². The highest BCUT2D eigenvalue weighted by Gasteiger charge is 2.22. The number of alkyl halides is 2. The van der Waals surface area contributed by atoms with Crippen LogP contribution in [-0.2, 0) is 0 Å². The van der Waals surface area contributed by atoms with Crippen molar-refractivity contribution >= 4 is 0 Å². The average Bonchev–Trinajstić information content (AvgIpc) is 2.04. The Balaban J connectivity index is 2.27. The SMILES string of the molecule is CC(NC1CCCN(C)C1)C(F)F. The predicted molar refractivity (Wildman–Crippen MR) is 49.1 cm³/mol. The maximum Gasteiger partial charge on any atom is 0.253 e. The molecule has 78 valence electrons. The van der Waals surface area contributed by atoms with E-state index < -0.39 is 12.5 Å². The van der Waals surface area contributed by atoms with Gasteiger partial charge in [0.05, 0.1) is 6.04 Å². The lowest BCUT2D eigenvalue weighted by molar-refractivity contribution is 0.0907. The summed E-state index contributed by atoms with van der Waals surface area (Å²) in [5.41, 5.74) is 0. The van der Waals surface area contributed by atoms with Gasteiger partial charge in [-0.3, -0.25) is 0 Å². The van der Waals surface area contributed by atoms with E-state index >= 15 is 0 Å². The highest BCUT2D eigenvalue weighted by atomic mass is 19.3. The molecule has 0 saturated carbocycles. The molecule has 0 spiro atoms. The molecule has 13 heavy (non-hydrogen) atoms. The van der Waals surface area contributed by atoms with Crippen LogP contribution in [0.25, 0.3) is 0 Å². The minimum Gasteiger partial charge on any atom is -0.305 e. The van der Waals surface area contributed by atoms with Gasteiger partial charge in [-0.05, 0) is 33.4 Å². The van der Waals surface area contributed by atoms with Crippen LogP contribution in [0, 0.1) is 0 Å². The third kappa shape index (κ3) is 3.56. The van der Waals surface area contributed by atoms with E-state index in [4.69, 9.17) is 0 Å². The Labute approximate surface area is 78.3 Å². The summed E-state index contributed by atoms with van der Waals surface area (Å²) in [5.74, 6) is 0. The minimum absolute atomic E-state index is 0.239. The molecule has 0 aromatic carbocycles. The van der Waals surface area contributed by atoms with Gasteiger partial charge in [0.25, 0.3) is 6.43 Å². The molecule has 1 aliphatic heterocycles. The Kier molecular flexibility index (Phi) is 4.06. The molecule has 0 aromatic rings. The monoisotopic (exact) mass is 192 g/mol. The van der Waals surface area contributed by atoms with Crippen LogP contribution in [0.5, 0.6) is 0 Å². The van der Waals surface area contributed by atoms with Crippen molar-refractivity contribution in [3.05, 3.63) is 0 Å². The van der Waals surface area contributed by atoms with Crippen LogP contribution < -0.4 is 5.32 Å². The topological polar surface area (TPSA) is 15.3 Å². The lowest BCUT2D eigenvalue weighted by Crippen LogP contribution is -2.49. The largest absolute Gasteiger partial charge is 0.305 e. The maximum absolute atomic E-state index is 12.2. The molecule has 1 heterocycles. The molecule has 2 nitrogen and oxygen atoms in total. The highest BCUT2D eigenvalue weighted by molar-refractivity contribution is 4.79. The van der Waals surface area contributed by atoms with E-state index in [1.807, 2.05) is 7.05 Å². The molecule has 2 atom stereocenters. The molecule has 0 bridgehead atoms. The number of likely N-dealkylation sites (N-methyl/N-ethyl adjacent to an activating group) is 1. The number of piperidine rings is 1. The van der Waals surface area contributed by atoms with Crippen molar-refractivity contribution in [2.75, 3.05) is 20.1 Å². The van der Waals surface area contributed by atoms with Gasteiger partial charge < -0.3 is 10.2 Å². The minimum atomic E-state index is -2.26. The Bertz CT molecular complexity index is 153. The molecule has 4 heteroatoms. The first-order valence-corrected chi connectivity index (χ1v) is 4.82. The fourth-order valence-electron chi connectivity index (χ4n) is 1.75. The Hall–Kier alpha value is -0.220. The lowest BCUT2D eigenvalue weighted by atomic mass is 10.1. The summed E-state index contributed by atoms with van der Waals surface area (Å²) >= 11 is 0. The summed E-state index contributed by atoms with van der Waals surface area (Å²) in [7, 11) is 2.03. The van der Waals surface area contributed by atoms with E-state index in [1.54, 1.807) is 6.92 Å². The quantitative estimate of drug-likeness (QED) is 0.725. The van der Waals surface area contributed by atoms with Crippen molar-refractivity contribution in [2.24, 2.45) is 0 Å². The van der Waals surface area contributed by atoms with E-state index in [9.17, 15) is 8.78 Å². The summed E-state index contributed by atoms with van der Waals surface area (Å²) in [6.07, 6.45) is -0.141. The van der Waals surface area contributed by atoms with Gasteiger partial charge >= 0.3 is 0 Å². The zero-order valence-electron chi connectivity index (χ0n) is 8.26. The van der Waals surface area contributed by atoms with Gasteiger partial charge in [-0.25, -0.2) is 8.78 Å². The second-order valence-electron chi connectivity index (χ2n) is 3.89. The van der Waals surface area contributed by atoms with Gasteiger partial charge in [-0.2, -0.15) is 0 Å². The van der Waals surface area contributed by atoms with Crippen molar-refractivity contribution in [3.8, 4) is 0 Å². The average molecular weight is 192 g/mol.